The molecule has 0 saturated carbocycles. The molecule has 1 heterocycles. The van der Waals surface area contributed by atoms with E-state index in [9.17, 15) is 0 Å². The summed E-state index contributed by atoms with van der Waals surface area (Å²) in [5.74, 6) is 0. The van der Waals surface area contributed by atoms with Crippen LogP contribution in [0.15, 0.2) is 121 Å². The van der Waals surface area contributed by atoms with E-state index in [-0.39, 0.29) is 6.17 Å². The normalized spacial score (nSPS) is 10.9. The van der Waals surface area contributed by atoms with Gasteiger partial charge in [-0.2, -0.15) is 0 Å². The number of aromatic nitrogens is 1. The number of hydrogen-bond acceptors (Lipinski definition) is 6. The first kappa shape index (κ1) is 45.1. The minimum atomic E-state index is 0.0953. The van der Waals surface area contributed by atoms with Crippen LogP contribution in [0.4, 0.5) is 11.4 Å². The fraction of sp³-hybridized carbons (Fsp3) is 0.318. The molecular formula is C44H64N6. The van der Waals surface area contributed by atoms with Crippen LogP contribution < -0.4 is 16.8 Å². The third-order valence-corrected chi connectivity index (χ3v) is 7.25. The Morgan fingerprint density at radius 2 is 1.50 bits per heavy atom. The molecule has 50 heavy (non-hydrogen) atoms. The number of benzene rings is 3. The molecule has 0 saturated heterocycles. The average Bonchev–Trinajstić information content (AvgIpc) is 3.14. The van der Waals surface area contributed by atoms with Crippen molar-refractivity contribution >= 4 is 23.7 Å². The molecular weight excluding hydrogens is 613 g/mol. The molecule has 0 aliphatic carbocycles. The molecule has 0 aliphatic rings. The van der Waals surface area contributed by atoms with Crippen molar-refractivity contribution in [3.63, 3.8) is 0 Å². The molecule has 3 aromatic carbocycles. The zero-order valence-electron chi connectivity index (χ0n) is 32.5. The second-order valence-corrected chi connectivity index (χ2v) is 11.3. The van der Waals surface area contributed by atoms with Gasteiger partial charge in [-0.3, -0.25) is 14.9 Å². The number of allylic oxidation sites excluding steroid dienone is 1. The number of rotatable bonds is 11. The first-order valence-corrected chi connectivity index (χ1v) is 17.7. The first-order valence-electron chi connectivity index (χ1n) is 17.7. The maximum Gasteiger partial charge on any atom is 0.0991 e. The summed E-state index contributed by atoms with van der Waals surface area (Å²) in [5, 5.41) is 2.94. The Hall–Kier alpha value is -4.94. The maximum atomic E-state index is 5.85. The van der Waals surface area contributed by atoms with E-state index in [1.165, 1.54) is 46.2 Å². The Labute approximate surface area is 304 Å². The molecule has 4 rings (SSSR count). The number of nitrogen functional groups attached to an aromatic ring is 2. The van der Waals surface area contributed by atoms with Crippen LogP contribution in [-0.2, 0) is 13.0 Å². The average molecular weight is 677 g/mol. The lowest BCUT2D eigenvalue weighted by molar-refractivity contribution is 0.257. The van der Waals surface area contributed by atoms with Gasteiger partial charge in [-0.25, -0.2) is 0 Å². The fourth-order valence-corrected chi connectivity index (χ4v) is 4.34. The van der Waals surface area contributed by atoms with Crippen molar-refractivity contribution < 1.29 is 0 Å². The van der Waals surface area contributed by atoms with Crippen molar-refractivity contribution in [2.24, 2.45) is 4.99 Å². The summed E-state index contributed by atoms with van der Waals surface area (Å²) in [6, 6.07) is 26.5. The van der Waals surface area contributed by atoms with Crippen LogP contribution in [0.2, 0.25) is 0 Å². The lowest BCUT2D eigenvalue weighted by atomic mass is 10.1. The number of nitrogens with one attached hydrogen (secondary N) is 1. The number of hydrogen-bond donors (Lipinski definition) is 3. The Bertz CT molecular complexity index is 1550. The zero-order chi connectivity index (χ0) is 37.9. The predicted octanol–water partition coefficient (Wildman–Crippen LogP) is 11.0. The highest BCUT2D eigenvalue weighted by Gasteiger charge is 2.09. The van der Waals surface area contributed by atoms with Gasteiger partial charge >= 0.3 is 0 Å². The topological polar surface area (TPSA) is 92.6 Å². The molecule has 1 aromatic heterocycles. The van der Waals surface area contributed by atoms with Gasteiger partial charge in [-0.05, 0) is 123 Å². The number of nitrogens with two attached hydrogens (primary N) is 2. The molecule has 1 unspecified atom stereocenters. The Kier molecular flexibility index (Phi) is 24.3. The van der Waals surface area contributed by atoms with Gasteiger partial charge in [-0.15, -0.1) is 0 Å². The second kappa shape index (κ2) is 26.9. The molecule has 0 amide bonds. The molecule has 270 valence electrons. The molecule has 6 nitrogen and oxygen atoms in total. The summed E-state index contributed by atoms with van der Waals surface area (Å²) in [4.78, 5) is 10.9. The first-order chi connectivity index (χ1) is 24.1. The summed E-state index contributed by atoms with van der Waals surface area (Å²) >= 11 is 0. The van der Waals surface area contributed by atoms with Gasteiger partial charge in [0.15, 0.2) is 0 Å². The van der Waals surface area contributed by atoms with Gasteiger partial charge < -0.3 is 16.8 Å². The fourth-order valence-electron chi connectivity index (χ4n) is 4.34. The highest BCUT2D eigenvalue weighted by Crippen LogP contribution is 2.20. The summed E-state index contributed by atoms with van der Waals surface area (Å²) in [6.07, 6.45) is 11.5. The molecule has 0 bridgehead atoms. The van der Waals surface area contributed by atoms with E-state index in [0.29, 0.717) is 0 Å². The number of anilines is 2. The van der Waals surface area contributed by atoms with E-state index in [1.54, 1.807) is 6.20 Å². The molecule has 4 aromatic rings. The molecule has 0 spiro atoms. The van der Waals surface area contributed by atoms with E-state index in [4.69, 9.17) is 11.5 Å². The Morgan fingerprint density at radius 3 is 2.06 bits per heavy atom. The van der Waals surface area contributed by atoms with Gasteiger partial charge in [0.1, 0.15) is 0 Å². The lowest BCUT2D eigenvalue weighted by Gasteiger charge is -2.22. The Balaban J connectivity index is 0.000000718. The van der Waals surface area contributed by atoms with Gasteiger partial charge in [0.2, 0.25) is 0 Å². The van der Waals surface area contributed by atoms with Crippen molar-refractivity contribution in [2.75, 3.05) is 18.5 Å². The molecule has 0 aliphatic heterocycles. The van der Waals surface area contributed by atoms with Crippen molar-refractivity contribution in [2.45, 2.75) is 87.9 Å². The number of nitrogens with zero attached hydrogens (tertiary/aromatic N) is 3. The second-order valence-electron chi connectivity index (χ2n) is 11.3. The van der Waals surface area contributed by atoms with Gasteiger partial charge in [0.05, 0.1) is 6.17 Å². The zero-order valence-corrected chi connectivity index (χ0v) is 32.5. The third kappa shape index (κ3) is 18.6. The number of pyridine rings is 1. The van der Waals surface area contributed by atoms with Crippen molar-refractivity contribution in [1.82, 2.24) is 15.2 Å². The van der Waals surface area contributed by atoms with Crippen LogP contribution in [0, 0.1) is 13.8 Å². The molecule has 0 radical (unpaired) electrons. The summed E-state index contributed by atoms with van der Waals surface area (Å²) < 4.78 is 0. The summed E-state index contributed by atoms with van der Waals surface area (Å²) in [6.45, 7) is 26.5. The largest absolute Gasteiger partial charge is 0.399 e. The van der Waals surface area contributed by atoms with Crippen molar-refractivity contribution in [3.05, 3.63) is 144 Å². The third-order valence-electron chi connectivity index (χ3n) is 7.25. The number of aliphatic imine (C=N–C) groups is 1. The van der Waals surface area contributed by atoms with Gasteiger partial charge in [0, 0.05) is 42.2 Å². The maximum absolute atomic E-state index is 5.85. The van der Waals surface area contributed by atoms with Crippen LogP contribution in [0.1, 0.15) is 82.8 Å². The van der Waals surface area contributed by atoms with Crippen LogP contribution in [-0.4, -0.2) is 29.3 Å². The lowest BCUT2D eigenvalue weighted by Crippen LogP contribution is -2.27. The van der Waals surface area contributed by atoms with E-state index >= 15 is 0 Å². The van der Waals surface area contributed by atoms with E-state index in [2.05, 4.69) is 97.6 Å². The molecule has 6 heteroatoms. The summed E-state index contributed by atoms with van der Waals surface area (Å²) in [7, 11) is 2.06. The van der Waals surface area contributed by atoms with Crippen LogP contribution in [0.5, 0.6) is 0 Å². The molecule has 5 N–H and O–H groups in total. The summed E-state index contributed by atoms with van der Waals surface area (Å²) in [5.41, 5.74) is 22.6. The smallest absolute Gasteiger partial charge is 0.0991 e. The highest BCUT2D eigenvalue weighted by atomic mass is 15.2. The SMILES string of the molecule is C=CN/C=C(C)/C=N\C(C)N(C)Cc1cc(N)ccc1C.C=Cc1ccc(CCC)cc1.CC.CC.Cc1cc(-c2ccc(N)cc2)ccn1. The van der Waals surface area contributed by atoms with E-state index in [0.717, 1.165) is 29.2 Å². The quantitative estimate of drug-likeness (QED) is 0.109. The van der Waals surface area contributed by atoms with E-state index in [1.807, 2.05) is 109 Å². The van der Waals surface area contributed by atoms with E-state index < -0.39 is 0 Å². The van der Waals surface area contributed by atoms with Crippen LogP contribution in [0.25, 0.3) is 17.2 Å². The molecule has 0 fully saturated rings. The number of aryl methyl sites for hydroxylation is 3. The van der Waals surface area contributed by atoms with Crippen molar-refractivity contribution in [1.29, 1.82) is 0 Å². The Morgan fingerprint density at radius 1 is 0.880 bits per heavy atom. The van der Waals surface area contributed by atoms with Gasteiger partial charge in [0.25, 0.3) is 0 Å². The highest BCUT2D eigenvalue weighted by molar-refractivity contribution is 5.77. The van der Waals surface area contributed by atoms with Gasteiger partial charge in [-0.1, -0.05) is 103 Å². The minimum Gasteiger partial charge on any atom is -0.399 e. The van der Waals surface area contributed by atoms with Crippen LogP contribution in [0.3, 0.4) is 0 Å². The minimum absolute atomic E-state index is 0.0953. The monoisotopic (exact) mass is 677 g/mol. The van der Waals surface area contributed by atoms with Crippen molar-refractivity contribution in [3.8, 4) is 11.1 Å². The predicted molar refractivity (Wildman–Crippen MR) is 224 cm³/mol. The standard InChI is InChI=1S/C17H26N4.C12H12N2.C11H14.2C2H6/c1-6-19-10-13(2)11-20-15(4)21(5)12-16-9-17(18)8-7-14(16)3;1-9-8-11(6-7-14-9)10-2-4-12(13)5-3-10;1-3-5-11-8-6-10(4-2)7-9-11;2*1-2/h6-11,15,19H,1,12,18H2,2-5H3;2-8H,13H2,1H3;4,6-9H,2-3,5H2,1H3;2*1-2H3/b13-10+,20-11-;;;;. The van der Waals surface area contributed by atoms with Crippen LogP contribution >= 0.6 is 0 Å². The molecule has 1 atom stereocenters.